The highest BCUT2D eigenvalue weighted by Crippen LogP contribution is 2.31. The fourth-order valence-corrected chi connectivity index (χ4v) is 3.10. The summed E-state index contributed by atoms with van der Waals surface area (Å²) < 4.78 is 0. The molecule has 0 saturated heterocycles. The van der Waals surface area contributed by atoms with Crippen LogP contribution in [0.15, 0.2) is 0 Å². The summed E-state index contributed by atoms with van der Waals surface area (Å²) >= 11 is 0. The Morgan fingerprint density at radius 3 is 2.31 bits per heavy atom. The van der Waals surface area contributed by atoms with Gasteiger partial charge in [0, 0.05) is 11.6 Å². The average molecular weight is 227 g/mol. The van der Waals surface area contributed by atoms with Crippen LogP contribution in [0.2, 0.25) is 0 Å². The Labute approximate surface area is 101 Å². The van der Waals surface area contributed by atoms with Gasteiger partial charge in [-0.15, -0.1) is 0 Å². The molecule has 0 aromatic heterocycles. The van der Waals surface area contributed by atoms with Crippen molar-refractivity contribution in [1.29, 1.82) is 0 Å². The zero-order valence-corrected chi connectivity index (χ0v) is 11.3. The molecule has 2 nitrogen and oxygen atoms in total. The predicted octanol–water partition coefficient (Wildman–Crippen LogP) is 3.10. The maximum absolute atomic E-state index is 9.61. The molecule has 1 aliphatic rings. The number of aliphatic hydroxyl groups is 1. The molecule has 1 aliphatic carbocycles. The normalized spacial score (nSPS) is 23.2. The fourth-order valence-electron chi connectivity index (χ4n) is 3.10. The van der Waals surface area contributed by atoms with Crippen molar-refractivity contribution in [3.05, 3.63) is 0 Å². The van der Waals surface area contributed by atoms with E-state index in [-0.39, 0.29) is 5.54 Å². The van der Waals surface area contributed by atoms with E-state index in [1.54, 1.807) is 0 Å². The molecule has 2 atom stereocenters. The molecule has 2 unspecified atom stereocenters. The Morgan fingerprint density at radius 1 is 1.25 bits per heavy atom. The summed E-state index contributed by atoms with van der Waals surface area (Å²) in [5.74, 6) is 0.721. The highest BCUT2D eigenvalue weighted by atomic mass is 16.3. The minimum Gasteiger partial charge on any atom is -0.394 e. The summed E-state index contributed by atoms with van der Waals surface area (Å²) in [5, 5.41) is 13.4. The maximum atomic E-state index is 9.61. The summed E-state index contributed by atoms with van der Waals surface area (Å²) in [7, 11) is 0. The van der Waals surface area contributed by atoms with E-state index in [2.05, 4.69) is 26.1 Å². The third kappa shape index (κ3) is 3.46. The van der Waals surface area contributed by atoms with Gasteiger partial charge in [0.25, 0.3) is 0 Å². The van der Waals surface area contributed by atoms with Gasteiger partial charge in [0.15, 0.2) is 0 Å². The Balaban J connectivity index is 2.53. The molecule has 0 amide bonds. The van der Waals surface area contributed by atoms with Crippen molar-refractivity contribution < 1.29 is 5.11 Å². The molecule has 96 valence electrons. The number of rotatable bonds is 7. The van der Waals surface area contributed by atoms with E-state index in [0.29, 0.717) is 12.6 Å². The van der Waals surface area contributed by atoms with Crippen molar-refractivity contribution >= 4 is 0 Å². The van der Waals surface area contributed by atoms with Gasteiger partial charge in [-0.25, -0.2) is 0 Å². The highest BCUT2D eigenvalue weighted by Gasteiger charge is 2.35. The quantitative estimate of drug-likeness (QED) is 0.700. The number of hydrogen-bond donors (Lipinski definition) is 2. The van der Waals surface area contributed by atoms with Crippen LogP contribution in [0.1, 0.15) is 65.7 Å². The maximum Gasteiger partial charge on any atom is 0.0613 e. The van der Waals surface area contributed by atoms with Gasteiger partial charge in [0.2, 0.25) is 0 Å². The van der Waals surface area contributed by atoms with Gasteiger partial charge in [-0.1, -0.05) is 40.0 Å². The van der Waals surface area contributed by atoms with Gasteiger partial charge >= 0.3 is 0 Å². The molecule has 2 heteroatoms. The van der Waals surface area contributed by atoms with E-state index < -0.39 is 0 Å². The van der Waals surface area contributed by atoms with E-state index in [4.69, 9.17) is 0 Å². The third-order valence-electron chi connectivity index (χ3n) is 4.23. The van der Waals surface area contributed by atoms with E-state index in [1.807, 2.05) is 0 Å². The van der Waals surface area contributed by atoms with E-state index >= 15 is 0 Å². The van der Waals surface area contributed by atoms with Crippen molar-refractivity contribution in [3.63, 3.8) is 0 Å². The van der Waals surface area contributed by atoms with Gasteiger partial charge < -0.3 is 10.4 Å². The highest BCUT2D eigenvalue weighted by molar-refractivity contribution is 4.95. The van der Waals surface area contributed by atoms with Gasteiger partial charge in [0.05, 0.1) is 6.61 Å². The van der Waals surface area contributed by atoms with Crippen molar-refractivity contribution in [2.75, 3.05) is 6.61 Å². The van der Waals surface area contributed by atoms with Gasteiger partial charge in [-0.2, -0.15) is 0 Å². The van der Waals surface area contributed by atoms with Crippen molar-refractivity contribution in [2.45, 2.75) is 77.3 Å². The molecule has 0 spiro atoms. The molecule has 1 fully saturated rings. The summed E-state index contributed by atoms with van der Waals surface area (Å²) in [6.07, 6.45) is 8.55. The van der Waals surface area contributed by atoms with Gasteiger partial charge in [-0.3, -0.25) is 0 Å². The van der Waals surface area contributed by atoms with Crippen LogP contribution in [-0.4, -0.2) is 23.3 Å². The van der Waals surface area contributed by atoms with Crippen LogP contribution in [-0.2, 0) is 0 Å². The first-order valence-corrected chi connectivity index (χ1v) is 7.06. The molecular weight excluding hydrogens is 198 g/mol. The second-order valence-corrected chi connectivity index (χ2v) is 5.57. The Morgan fingerprint density at radius 2 is 1.88 bits per heavy atom. The molecule has 1 saturated carbocycles. The largest absolute Gasteiger partial charge is 0.394 e. The monoisotopic (exact) mass is 227 g/mol. The predicted molar refractivity (Wildman–Crippen MR) is 69.6 cm³/mol. The molecule has 0 aromatic carbocycles. The van der Waals surface area contributed by atoms with E-state index in [9.17, 15) is 5.11 Å². The molecular formula is C14H29NO. The Kier molecular flexibility index (Phi) is 5.77. The van der Waals surface area contributed by atoms with E-state index in [1.165, 1.54) is 32.1 Å². The van der Waals surface area contributed by atoms with Gasteiger partial charge in [0.1, 0.15) is 0 Å². The van der Waals surface area contributed by atoms with Crippen molar-refractivity contribution in [3.8, 4) is 0 Å². The second kappa shape index (κ2) is 6.61. The molecule has 0 heterocycles. The first-order valence-electron chi connectivity index (χ1n) is 7.06. The summed E-state index contributed by atoms with van der Waals surface area (Å²) in [5.41, 5.74) is 0.0443. The van der Waals surface area contributed by atoms with Crippen LogP contribution in [0.4, 0.5) is 0 Å². The number of aliphatic hydroxyl groups excluding tert-OH is 1. The number of hydrogen-bond acceptors (Lipinski definition) is 2. The third-order valence-corrected chi connectivity index (χ3v) is 4.23. The lowest BCUT2D eigenvalue weighted by atomic mass is 9.90. The lowest BCUT2D eigenvalue weighted by Crippen LogP contribution is -2.53. The van der Waals surface area contributed by atoms with Crippen LogP contribution >= 0.6 is 0 Å². The lowest BCUT2D eigenvalue weighted by molar-refractivity contribution is 0.135. The molecule has 0 radical (unpaired) electrons. The minimum absolute atomic E-state index is 0.0443. The van der Waals surface area contributed by atoms with Crippen LogP contribution in [0.5, 0.6) is 0 Å². The molecule has 16 heavy (non-hydrogen) atoms. The Bertz CT molecular complexity index is 187. The second-order valence-electron chi connectivity index (χ2n) is 5.57. The first kappa shape index (κ1) is 14.0. The van der Waals surface area contributed by atoms with Crippen LogP contribution in [0, 0.1) is 5.92 Å². The lowest BCUT2D eigenvalue weighted by Gasteiger charge is -2.36. The van der Waals surface area contributed by atoms with E-state index in [0.717, 1.165) is 18.8 Å². The summed E-state index contributed by atoms with van der Waals surface area (Å²) in [6, 6.07) is 0.574. The molecule has 0 aliphatic heterocycles. The molecule has 0 aromatic rings. The van der Waals surface area contributed by atoms with Crippen LogP contribution in [0.3, 0.4) is 0 Å². The Hall–Kier alpha value is -0.0800. The average Bonchev–Trinajstić information content (AvgIpc) is 2.75. The summed E-state index contributed by atoms with van der Waals surface area (Å²) in [4.78, 5) is 0. The smallest absolute Gasteiger partial charge is 0.0613 e. The zero-order chi connectivity index (χ0) is 12.0. The van der Waals surface area contributed by atoms with Gasteiger partial charge in [-0.05, 0) is 31.6 Å². The van der Waals surface area contributed by atoms with Crippen LogP contribution in [0.25, 0.3) is 0 Å². The minimum atomic E-state index is 0.0443. The topological polar surface area (TPSA) is 32.3 Å². The van der Waals surface area contributed by atoms with Crippen molar-refractivity contribution in [1.82, 2.24) is 5.32 Å². The fraction of sp³-hybridized carbons (Fsp3) is 1.00. The standard InChI is InChI=1S/C14H29NO/c1-4-8-12(3)13(5-2)15-14(11-16)9-6-7-10-14/h12-13,15-16H,4-11H2,1-3H3. The SMILES string of the molecule is CCCC(C)C(CC)NC1(CO)CCCC1. The molecule has 1 rings (SSSR count). The molecule has 2 N–H and O–H groups in total. The molecule has 0 bridgehead atoms. The van der Waals surface area contributed by atoms with Crippen molar-refractivity contribution in [2.24, 2.45) is 5.92 Å². The first-order chi connectivity index (χ1) is 7.67. The zero-order valence-electron chi connectivity index (χ0n) is 11.3. The van der Waals surface area contributed by atoms with Crippen LogP contribution < -0.4 is 5.32 Å². The summed E-state index contributed by atoms with van der Waals surface area (Å²) in [6.45, 7) is 7.15. The number of nitrogens with one attached hydrogen (secondary N) is 1.